The van der Waals surface area contributed by atoms with Crippen LogP contribution in [0.25, 0.3) is 0 Å². The number of benzene rings is 1. The summed E-state index contributed by atoms with van der Waals surface area (Å²) in [5.41, 5.74) is 1.91. The van der Waals surface area contributed by atoms with Crippen molar-refractivity contribution in [3.8, 4) is 6.07 Å². The van der Waals surface area contributed by atoms with Gasteiger partial charge in [-0.2, -0.15) is 5.26 Å². The van der Waals surface area contributed by atoms with Crippen molar-refractivity contribution in [3.05, 3.63) is 53.6 Å². The zero-order valence-electron chi connectivity index (χ0n) is 13.8. The lowest BCUT2D eigenvalue weighted by molar-refractivity contribution is 0.0707. The molecule has 0 N–H and O–H groups in total. The predicted molar refractivity (Wildman–Crippen MR) is 89.5 cm³/mol. The van der Waals surface area contributed by atoms with E-state index in [1.54, 1.807) is 0 Å². The maximum absolute atomic E-state index is 9.23. The number of nitriles is 1. The quantitative estimate of drug-likeness (QED) is 0.867. The van der Waals surface area contributed by atoms with Crippen LogP contribution in [0.3, 0.4) is 0 Å². The van der Waals surface area contributed by atoms with Crippen LogP contribution in [0.5, 0.6) is 0 Å². The number of aryl methyl sites for hydroxylation is 1. The standard InChI is InChI=1S/C18H23N5/c1-15-12-22(13-17-6-4-3-5-16(17)11-19)9-10-23(15)14-18-20-7-8-21(18)2/h3-8,15H,9-10,12-14H2,1-2H3. The summed E-state index contributed by atoms with van der Waals surface area (Å²) in [5, 5.41) is 9.23. The van der Waals surface area contributed by atoms with Crippen LogP contribution in [-0.2, 0) is 20.1 Å². The molecule has 1 atom stereocenters. The Labute approximate surface area is 137 Å². The van der Waals surface area contributed by atoms with Crippen molar-refractivity contribution in [1.29, 1.82) is 5.26 Å². The van der Waals surface area contributed by atoms with Crippen LogP contribution in [0.15, 0.2) is 36.7 Å². The van der Waals surface area contributed by atoms with Crippen LogP contribution in [-0.4, -0.2) is 45.0 Å². The van der Waals surface area contributed by atoms with Gasteiger partial charge < -0.3 is 4.57 Å². The molecule has 5 heteroatoms. The fraction of sp³-hybridized carbons (Fsp3) is 0.444. The second-order valence-corrected chi connectivity index (χ2v) is 6.28. The van der Waals surface area contributed by atoms with Gasteiger partial charge in [0.15, 0.2) is 0 Å². The molecule has 1 saturated heterocycles. The second kappa shape index (κ2) is 6.95. The van der Waals surface area contributed by atoms with Gasteiger partial charge >= 0.3 is 0 Å². The number of aromatic nitrogens is 2. The molecule has 0 spiro atoms. The molecule has 0 aliphatic carbocycles. The smallest absolute Gasteiger partial charge is 0.122 e. The normalized spacial score (nSPS) is 19.6. The molecule has 23 heavy (non-hydrogen) atoms. The van der Waals surface area contributed by atoms with Crippen LogP contribution in [0.2, 0.25) is 0 Å². The number of rotatable bonds is 4. The molecule has 5 nitrogen and oxygen atoms in total. The van der Waals surface area contributed by atoms with E-state index < -0.39 is 0 Å². The average molecular weight is 309 g/mol. The molecule has 2 aromatic rings. The van der Waals surface area contributed by atoms with Gasteiger partial charge in [0.25, 0.3) is 0 Å². The molecule has 1 aromatic heterocycles. The third-order valence-electron chi connectivity index (χ3n) is 4.65. The Morgan fingerprint density at radius 3 is 2.78 bits per heavy atom. The Morgan fingerprint density at radius 1 is 1.26 bits per heavy atom. The maximum Gasteiger partial charge on any atom is 0.122 e. The van der Waals surface area contributed by atoms with Crippen molar-refractivity contribution in [2.45, 2.75) is 26.1 Å². The van der Waals surface area contributed by atoms with Crippen LogP contribution in [0.4, 0.5) is 0 Å². The van der Waals surface area contributed by atoms with E-state index in [0.717, 1.165) is 49.7 Å². The van der Waals surface area contributed by atoms with Gasteiger partial charge in [-0.25, -0.2) is 4.98 Å². The molecule has 1 aliphatic heterocycles. The summed E-state index contributed by atoms with van der Waals surface area (Å²) in [6.45, 7) is 7.09. The van der Waals surface area contributed by atoms with E-state index >= 15 is 0 Å². The Hall–Kier alpha value is -2.16. The summed E-state index contributed by atoms with van der Waals surface area (Å²) in [4.78, 5) is 9.35. The molecular formula is C18H23N5. The Morgan fingerprint density at radius 2 is 2.09 bits per heavy atom. The highest BCUT2D eigenvalue weighted by Crippen LogP contribution is 2.17. The van der Waals surface area contributed by atoms with E-state index in [0.29, 0.717) is 6.04 Å². The summed E-state index contributed by atoms with van der Waals surface area (Å²) < 4.78 is 2.09. The fourth-order valence-electron chi connectivity index (χ4n) is 3.19. The van der Waals surface area contributed by atoms with E-state index in [2.05, 4.69) is 38.4 Å². The third-order valence-corrected chi connectivity index (χ3v) is 4.65. The number of hydrogen-bond acceptors (Lipinski definition) is 4. The van der Waals surface area contributed by atoms with Crippen molar-refractivity contribution < 1.29 is 0 Å². The Bertz CT molecular complexity index is 699. The monoisotopic (exact) mass is 309 g/mol. The van der Waals surface area contributed by atoms with Crippen LogP contribution in [0, 0.1) is 11.3 Å². The van der Waals surface area contributed by atoms with Crippen LogP contribution >= 0.6 is 0 Å². The number of piperazine rings is 1. The lowest BCUT2D eigenvalue weighted by atomic mass is 10.1. The summed E-state index contributed by atoms with van der Waals surface area (Å²) >= 11 is 0. The lowest BCUT2D eigenvalue weighted by Crippen LogP contribution is -2.51. The van der Waals surface area contributed by atoms with E-state index in [1.165, 1.54) is 0 Å². The Balaban J connectivity index is 1.60. The molecule has 1 unspecified atom stereocenters. The van der Waals surface area contributed by atoms with Crippen LogP contribution < -0.4 is 0 Å². The topological polar surface area (TPSA) is 48.1 Å². The maximum atomic E-state index is 9.23. The minimum Gasteiger partial charge on any atom is -0.337 e. The van der Waals surface area contributed by atoms with Gasteiger partial charge in [-0.05, 0) is 18.6 Å². The fourth-order valence-corrected chi connectivity index (χ4v) is 3.19. The molecule has 1 fully saturated rings. The van der Waals surface area contributed by atoms with Gasteiger partial charge in [-0.15, -0.1) is 0 Å². The minimum atomic E-state index is 0.481. The van der Waals surface area contributed by atoms with Crippen molar-refractivity contribution in [3.63, 3.8) is 0 Å². The first-order valence-electron chi connectivity index (χ1n) is 8.08. The van der Waals surface area contributed by atoms with Gasteiger partial charge in [0.2, 0.25) is 0 Å². The zero-order chi connectivity index (χ0) is 16.2. The average Bonchev–Trinajstić information content (AvgIpc) is 2.95. The van der Waals surface area contributed by atoms with Crippen molar-refractivity contribution >= 4 is 0 Å². The molecule has 1 aliphatic rings. The molecule has 0 amide bonds. The minimum absolute atomic E-state index is 0.481. The molecule has 3 rings (SSSR count). The summed E-state index contributed by atoms with van der Waals surface area (Å²) in [7, 11) is 2.04. The first-order valence-corrected chi connectivity index (χ1v) is 8.08. The number of hydrogen-bond donors (Lipinski definition) is 0. The first kappa shape index (κ1) is 15.7. The first-order chi connectivity index (χ1) is 11.2. The van der Waals surface area contributed by atoms with Gasteiger partial charge in [0.05, 0.1) is 18.2 Å². The van der Waals surface area contributed by atoms with E-state index in [1.807, 2.05) is 37.6 Å². The highest BCUT2D eigenvalue weighted by Gasteiger charge is 2.24. The van der Waals surface area contributed by atoms with Gasteiger partial charge in [0.1, 0.15) is 5.82 Å². The van der Waals surface area contributed by atoms with Crippen molar-refractivity contribution in [2.24, 2.45) is 7.05 Å². The lowest BCUT2D eigenvalue weighted by Gasteiger charge is -2.39. The predicted octanol–water partition coefficient (Wildman–Crippen LogP) is 2.00. The van der Waals surface area contributed by atoms with E-state index in [-0.39, 0.29) is 0 Å². The number of imidazole rings is 1. The van der Waals surface area contributed by atoms with Crippen LogP contribution in [0.1, 0.15) is 23.9 Å². The second-order valence-electron chi connectivity index (χ2n) is 6.28. The van der Waals surface area contributed by atoms with Crippen molar-refractivity contribution in [2.75, 3.05) is 19.6 Å². The number of nitrogens with zero attached hydrogens (tertiary/aromatic N) is 5. The van der Waals surface area contributed by atoms with Gasteiger partial charge in [-0.1, -0.05) is 18.2 Å². The third kappa shape index (κ3) is 3.61. The molecule has 0 saturated carbocycles. The molecular weight excluding hydrogens is 286 g/mol. The summed E-state index contributed by atoms with van der Waals surface area (Å²) in [6.07, 6.45) is 3.85. The molecule has 0 radical (unpaired) electrons. The highest BCUT2D eigenvalue weighted by molar-refractivity contribution is 5.37. The molecule has 2 heterocycles. The molecule has 120 valence electrons. The van der Waals surface area contributed by atoms with E-state index in [9.17, 15) is 5.26 Å². The summed E-state index contributed by atoms with van der Waals surface area (Å²) in [5.74, 6) is 1.11. The van der Waals surface area contributed by atoms with Crippen molar-refractivity contribution in [1.82, 2.24) is 19.4 Å². The Kier molecular flexibility index (Phi) is 4.75. The van der Waals surface area contributed by atoms with E-state index in [4.69, 9.17) is 0 Å². The van der Waals surface area contributed by atoms with Gasteiger partial charge in [-0.3, -0.25) is 9.80 Å². The molecule has 0 bridgehead atoms. The zero-order valence-corrected chi connectivity index (χ0v) is 13.8. The molecule has 1 aromatic carbocycles. The van der Waals surface area contributed by atoms with Gasteiger partial charge in [0, 0.05) is 51.7 Å². The highest BCUT2D eigenvalue weighted by atomic mass is 15.3. The SMILES string of the molecule is CC1CN(Cc2ccccc2C#N)CCN1Cc1nccn1C. The summed E-state index contributed by atoms with van der Waals surface area (Å²) in [6, 6.07) is 10.7. The largest absolute Gasteiger partial charge is 0.337 e.